The van der Waals surface area contributed by atoms with Crippen LogP contribution in [0.5, 0.6) is 0 Å². The Morgan fingerprint density at radius 2 is 1.73 bits per heavy atom. The molecule has 2 aromatic rings. The Bertz CT molecular complexity index is 694. The number of hydrogen-bond acceptors (Lipinski definition) is 5. The Balaban J connectivity index is 1.69. The average Bonchev–Trinajstić information content (AvgIpc) is 2.58. The molecule has 3 rings (SSSR count). The van der Waals surface area contributed by atoms with E-state index in [-0.39, 0.29) is 0 Å². The molecular weight excluding hydrogens is 274 g/mol. The lowest BCUT2D eigenvalue weighted by molar-refractivity contribution is 0.645. The van der Waals surface area contributed by atoms with Crippen molar-refractivity contribution < 1.29 is 0 Å². The van der Waals surface area contributed by atoms with Gasteiger partial charge in [-0.05, 0) is 31.0 Å². The van der Waals surface area contributed by atoms with E-state index in [0.29, 0.717) is 5.69 Å². The average molecular weight is 293 g/mol. The molecule has 0 N–H and O–H groups in total. The molecule has 2 heterocycles. The van der Waals surface area contributed by atoms with Gasteiger partial charge < -0.3 is 9.80 Å². The lowest BCUT2D eigenvalue weighted by atomic mass is 10.1. The van der Waals surface area contributed by atoms with Gasteiger partial charge in [0.2, 0.25) is 0 Å². The summed E-state index contributed by atoms with van der Waals surface area (Å²) in [6.45, 7) is 8.09. The number of piperazine rings is 1. The third-order valence-electron chi connectivity index (χ3n) is 4.27. The van der Waals surface area contributed by atoms with Crippen LogP contribution in [0.2, 0.25) is 0 Å². The Hall–Kier alpha value is -2.61. The highest BCUT2D eigenvalue weighted by Crippen LogP contribution is 2.24. The minimum absolute atomic E-state index is 0.359. The second-order valence-corrected chi connectivity index (χ2v) is 5.56. The summed E-state index contributed by atoms with van der Waals surface area (Å²) in [6.07, 6.45) is 3.22. The molecule has 5 nitrogen and oxygen atoms in total. The molecule has 0 bridgehead atoms. The van der Waals surface area contributed by atoms with Crippen LogP contribution in [0.4, 0.5) is 11.5 Å². The zero-order chi connectivity index (χ0) is 15.5. The fourth-order valence-electron chi connectivity index (χ4n) is 2.80. The van der Waals surface area contributed by atoms with E-state index < -0.39 is 0 Å². The first-order valence-electron chi connectivity index (χ1n) is 7.47. The van der Waals surface area contributed by atoms with Crippen molar-refractivity contribution >= 4 is 11.5 Å². The molecule has 1 aliphatic heterocycles. The van der Waals surface area contributed by atoms with E-state index in [9.17, 15) is 0 Å². The second kappa shape index (κ2) is 6.02. The molecular formula is C17H19N5. The first-order chi connectivity index (χ1) is 10.7. The van der Waals surface area contributed by atoms with Crippen molar-refractivity contribution in [1.29, 1.82) is 5.26 Å². The van der Waals surface area contributed by atoms with Crippen LogP contribution in [0.15, 0.2) is 30.6 Å². The van der Waals surface area contributed by atoms with Crippen LogP contribution in [0.25, 0.3) is 0 Å². The summed E-state index contributed by atoms with van der Waals surface area (Å²) in [5.41, 5.74) is 4.37. The molecule has 0 amide bonds. The third-order valence-corrected chi connectivity index (χ3v) is 4.27. The number of anilines is 2. The summed E-state index contributed by atoms with van der Waals surface area (Å²) < 4.78 is 0. The molecule has 1 fully saturated rings. The smallest absolute Gasteiger partial charge is 0.158 e. The first-order valence-corrected chi connectivity index (χ1v) is 7.47. The van der Waals surface area contributed by atoms with Crippen LogP contribution in [0.3, 0.4) is 0 Å². The van der Waals surface area contributed by atoms with Gasteiger partial charge in [0.1, 0.15) is 11.9 Å². The van der Waals surface area contributed by atoms with Crippen molar-refractivity contribution in [1.82, 2.24) is 9.97 Å². The standard InChI is InChI=1S/C17H19N5/c1-13-4-3-5-16(14(13)2)21-6-8-22(9-7-21)17-12-19-15(10-18)11-20-17/h3-5,11-12H,6-9H2,1-2H3. The fourth-order valence-corrected chi connectivity index (χ4v) is 2.80. The number of rotatable bonds is 2. The van der Waals surface area contributed by atoms with Gasteiger partial charge in [0.05, 0.1) is 12.4 Å². The van der Waals surface area contributed by atoms with E-state index in [1.165, 1.54) is 23.0 Å². The number of aryl methyl sites for hydroxylation is 1. The topological polar surface area (TPSA) is 56.0 Å². The van der Waals surface area contributed by atoms with Crippen molar-refractivity contribution in [3.05, 3.63) is 47.4 Å². The zero-order valence-corrected chi connectivity index (χ0v) is 13.0. The quantitative estimate of drug-likeness (QED) is 0.850. The van der Waals surface area contributed by atoms with Crippen molar-refractivity contribution in [2.24, 2.45) is 0 Å². The minimum Gasteiger partial charge on any atom is -0.368 e. The normalized spacial score (nSPS) is 14.8. The highest BCUT2D eigenvalue weighted by atomic mass is 15.3. The number of hydrogen-bond donors (Lipinski definition) is 0. The summed E-state index contributed by atoms with van der Waals surface area (Å²) in [4.78, 5) is 13.1. The fraction of sp³-hybridized carbons (Fsp3) is 0.353. The van der Waals surface area contributed by atoms with Crippen LogP contribution in [0, 0.1) is 25.2 Å². The van der Waals surface area contributed by atoms with E-state index >= 15 is 0 Å². The number of nitrogens with zero attached hydrogens (tertiary/aromatic N) is 5. The van der Waals surface area contributed by atoms with Gasteiger partial charge in [-0.2, -0.15) is 5.26 Å². The molecule has 5 heteroatoms. The maximum atomic E-state index is 8.78. The monoisotopic (exact) mass is 293 g/mol. The Morgan fingerprint density at radius 1 is 1.00 bits per heavy atom. The summed E-state index contributed by atoms with van der Waals surface area (Å²) in [5, 5.41) is 8.78. The summed E-state index contributed by atoms with van der Waals surface area (Å²) >= 11 is 0. The molecule has 0 unspecified atom stereocenters. The van der Waals surface area contributed by atoms with E-state index in [2.05, 4.69) is 51.8 Å². The van der Waals surface area contributed by atoms with Crippen LogP contribution in [-0.2, 0) is 0 Å². The maximum Gasteiger partial charge on any atom is 0.158 e. The molecule has 1 saturated heterocycles. The molecule has 0 saturated carbocycles. The molecule has 0 radical (unpaired) electrons. The van der Waals surface area contributed by atoms with E-state index in [4.69, 9.17) is 5.26 Å². The lowest BCUT2D eigenvalue weighted by Gasteiger charge is -2.37. The van der Waals surface area contributed by atoms with Gasteiger partial charge in [-0.1, -0.05) is 12.1 Å². The Labute approximate surface area is 130 Å². The molecule has 22 heavy (non-hydrogen) atoms. The SMILES string of the molecule is Cc1cccc(N2CCN(c3cnc(C#N)cn3)CC2)c1C. The van der Waals surface area contributed by atoms with Gasteiger partial charge in [-0.15, -0.1) is 0 Å². The summed E-state index contributed by atoms with van der Waals surface area (Å²) in [6, 6.07) is 8.47. The summed E-state index contributed by atoms with van der Waals surface area (Å²) in [5.74, 6) is 0.847. The highest BCUT2D eigenvalue weighted by molar-refractivity contribution is 5.57. The molecule has 0 atom stereocenters. The Morgan fingerprint density at radius 3 is 2.36 bits per heavy atom. The largest absolute Gasteiger partial charge is 0.368 e. The van der Waals surface area contributed by atoms with Crippen LogP contribution >= 0.6 is 0 Å². The molecule has 0 spiro atoms. The predicted molar refractivity (Wildman–Crippen MR) is 87.1 cm³/mol. The molecule has 1 aromatic heterocycles. The molecule has 1 aliphatic rings. The Kier molecular flexibility index (Phi) is 3.92. The van der Waals surface area contributed by atoms with Gasteiger partial charge >= 0.3 is 0 Å². The van der Waals surface area contributed by atoms with E-state index in [1.807, 2.05) is 6.07 Å². The van der Waals surface area contributed by atoms with E-state index in [1.54, 1.807) is 6.20 Å². The zero-order valence-electron chi connectivity index (χ0n) is 13.0. The van der Waals surface area contributed by atoms with Crippen molar-refractivity contribution in [3.63, 3.8) is 0 Å². The van der Waals surface area contributed by atoms with Gasteiger partial charge in [-0.25, -0.2) is 9.97 Å². The molecule has 112 valence electrons. The van der Waals surface area contributed by atoms with Crippen LogP contribution in [-0.4, -0.2) is 36.1 Å². The van der Waals surface area contributed by atoms with E-state index in [0.717, 1.165) is 32.0 Å². The van der Waals surface area contributed by atoms with Gasteiger partial charge in [0.15, 0.2) is 5.69 Å². The molecule has 0 aliphatic carbocycles. The maximum absolute atomic E-state index is 8.78. The van der Waals surface area contributed by atoms with Gasteiger partial charge in [-0.3, -0.25) is 0 Å². The van der Waals surface area contributed by atoms with Crippen molar-refractivity contribution in [2.45, 2.75) is 13.8 Å². The van der Waals surface area contributed by atoms with Crippen molar-refractivity contribution in [2.75, 3.05) is 36.0 Å². The van der Waals surface area contributed by atoms with Crippen LogP contribution < -0.4 is 9.80 Å². The minimum atomic E-state index is 0.359. The number of aromatic nitrogens is 2. The van der Waals surface area contributed by atoms with Gasteiger partial charge in [0, 0.05) is 31.9 Å². The third kappa shape index (κ3) is 2.73. The van der Waals surface area contributed by atoms with Crippen molar-refractivity contribution in [3.8, 4) is 6.07 Å². The number of benzene rings is 1. The first kappa shape index (κ1) is 14.3. The number of nitriles is 1. The second-order valence-electron chi connectivity index (χ2n) is 5.56. The van der Waals surface area contributed by atoms with Crippen LogP contribution in [0.1, 0.15) is 16.8 Å². The lowest BCUT2D eigenvalue weighted by Crippen LogP contribution is -2.47. The molecule has 1 aromatic carbocycles. The summed E-state index contributed by atoms with van der Waals surface area (Å²) in [7, 11) is 0. The highest BCUT2D eigenvalue weighted by Gasteiger charge is 2.19. The van der Waals surface area contributed by atoms with Gasteiger partial charge in [0.25, 0.3) is 0 Å². The predicted octanol–water partition coefficient (Wildman–Crippen LogP) is 2.29.